The zero-order chi connectivity index (χ0) is 20.3. The summed E-state index contributed by atoms with van der Waals surface area (Å²) in [5.74, 6) is -0.305. The Balaban J connectivity index is 1.65. The number of aromatic nitrogens is 3. The molecule has 6 nitrogen and oxygen atoms in total. The van der Waals surface area contributed by atoms with E-state index < -0.39 is 11.7 Å². The summed E-state index contributed by atoms with van der Waals surface area (Å²) >= 11 is 2.87. The first kappa shape index (κ1) is 20.3. The molecule has 0 atom stereocenters. The maximum atomic E-state index is 14.1. The highest BCUT2D eigenvalue weighted by Gasteiger charge is 2.16. The van der Waals surface area contributed by atoms with Gasteiger partial charge in [0.05, 0.1) is 23.1 Å². The van der Waals surface area contributed by atoms with Crippen LogP contribution in [-0.4, -0.2) is 26.5 Å². The summed E-state index contributed by atoms with van der Waals surface area (Å²) in [5, 5.41) is 7.56. The van der Waals surface area contributed by atoms with Crippen molar-refractivity contribution < 1.29 is 13.9 Å². The molecule has 1 N–H and O–H groups in total. The average molecular weight is 421 g/mol. The average Bonchev–Trinajstić information content (AvgIpc) is 3.20. The highest BCUT2D eigenvalue weighted by molar-refractivity contribution is 8.01. The molecule has 9 heteroatoms. The first-order chi connectivity index (χ1) is 13.2. The predicted octanol–water partition coefficient (Wildman–Crippen LogP) is 4.86. The fourth-order valence-corrected chi connectivity index (χ4v) is 4.39. The number of ether oxygens (including phenoxy) is 1. The monoisotopic (exact) mass is 420 g/mol. The van der Waals surface area contributed by atoms with Gasteiger partial charge in [-0.05, 0) is 44.5 Å². The number of nitrogens with zero attached hydrogens (tertiary/aromatic N) is 3. The Hall–Kier alpha value is -2.39. The molecular weight excluding hydrogens is 399 g/mol. The first-order valence-corrected chi connectivity index (χ1v) is 10.2. The van der Waals surface area contributed by atoms with Crippen LogP contribution in [0.4, 0.5) is 9.18 Å². The third-order valence-electron chi connectivity index (χ3n) is 3.44. The zero-order valence-electron chi connectivity index (χ0n) is 16.0. The number of aryl methyl sites for hydroxylation is 1. The fourth-order valence-electron chi connectivity index (χ4n) is 2.36. The number of amides is 1. The van der Waals surface area contributed by atoms with E-state index in [1.54, 1.807) is 17.1 Å². The van der Waals surface area contributed by atoms with E-state index in [-0.39, 0.29) is 12.4 Å². The van der Waals surface area contributed by atoms with Gasteiger partial charge in [-0.3, -0.25) is 4.68 Å². The minimum atomic E-state index is -0.544. The van der Waals surface area contributed by atoms with Gasteiger partial charge in [0.25, 0.3) is 0 Å². The zero-order valence-corrected chi connectivity index (χ0v) is 17.7. The standard InChI is InChI=1S/C19H21FN4O2S2/c1-19(2,3)26-18(25)22-9-16-21-10-17(28-16)27-15-6-12(5-14(20)7-15)13-8-23-24(4)11-13/h5-8,10-11H,9H2,1-4H3,(H,22,25). The molecule has 148 valence electrons. The summed E-state index contributed by atoms with van der Waals surface area (Å²) in [5.41, 5.74) is 1.08. The van der Waals surface area contributed by atoms with Gasteiger partial charge in [-0.15, -0.1) is 11.3 Å². The van der Waals surface area contributed by atoms with Crippen LogP contribution in [0.3, 0.4) is 0 Å². The molecular formula is C19H21FN4O2S2. The number of thiazole rings is 1. The number of benzene rings is 1. The number of nitrogens with one attached hydrogen (secondary N) is 1. The Bertz CT molecular complexity index is 978. The molecule has 3 rings (SSSR count). The Morgan fingerprint density at radius 1 is 1.29 bits per heavy atom. The van der Waals surface area contributed by atoms with Crippen molar-refractivity contribution in [2.75, 3.05) is 0 Å². The topological polar surface area (TPSA) is 69.0 Å². The van der Waals surface area contributed by atoms with Crippen LogP contribution >= 0.6 is 23.1 Å². The highest BCUT2D eigenvalue weighted by Crippen LogP contribution is 2.35. The van der Waals surface area contributed by atoms with Crippen molar-refractivity contribution >= 4 is 29.2 Å². The van der Waals surface area contributed by atoms with Crippen LogP contribution in [0.25, 0.3) is 11.1 Å². The number of alkyl carbamates (subject to hydrolysis) is 1. The van der Waals surface area contributed by atoms with E-state index in [4.69, 9.17) is 4.74 Å². The molecule has 2 aromatic heterocycles. The smallest absolute Gasteiger partial charge is 0.408 e. The summed E-state index contributed by atoms with van der Waals surface area (Å²) in [6.07, 6.45) is 4.78. The van der Waals surface area contributed by atoms with Gasteiger partial charge in [-0.1, -0.05) is 11.8 Å². The van der Waals surface area contributed by atoms with Crippen molar-refractivity contribution in [2.45, 2.75) is 42.0 Å². The van der Waals surface area contributed by atoms with Crippen LogP contribution in [0.1, 0.15) is 25.8 Å². The minimum absolute atomic E-state index is 0.282. The molecule has 3 aromatic rings. The summed E-state index contributed by atoms with van der Waals surface area (Å²) in [4.78, 5) is 16.8. The number of carbonyl (C=O) groups is 1. The van der Waals surface area contributed by atoms with Crippen molar-refractivity contribution in [2.24, 2.45) is 7.05 Å². The molecule has 1 aromatic carbocycles. The van der Waals surface area contributed by atoms with E-state index in [1.807, 2.05) is 40.1 Å². The van der Waals surface area contributed by atoms with Crippen LogP contribution in [0.5, 0.6) is 0 Å². The molecule has 0 bridgehead atoms. The molecule has 0 unspecified atom stereocenters. The molecule has 0 aliphatic rings. The van der Waals surface area contributed by atoms with Gasteiger partial charge < -0.3 is 10.1 Å². The largest absolute Gasteiger partial charge is 0.444 e. The van der Waals surface area contributed by atoms with Gasteiger partial charge in [-0.25, -0.2) is 14.2 Å². The van der Waals surface area contributed by atoms with Crippen molar-refractivity contribution in [3.05, 3.63) is 47.6 Å². The summed E-state index contributed by atoms with van der Waals surface area (Å²) in [6.45, 7) is 5.71. The van der Waals surface area contributed by atoms with Crippen molar-refractivity contribution in [1.29, 1.82) is 0 Å². The third kappa shape index (κ3) is 5.80. The molecule has 1 amide bonds. The third-order valence-corrected chi connectivity index (χ3v) is 5.51. The Morgan fingerprint density at radius 3 is 2.75 bits per heavy atom. The maximum absolute atomic E-state index is 14.1. The van der Waals surface area contributed by atoms with E-state index in [2.05, 4.69) is 15.4 Å². The van der Waals surface area contributed by atoms with Gasteiger partial charge in [0.2, 0.25) is 0 Å². The molecule has 0 aliphatic heterocycles. The molecule has 0 saturated carbocycles. The van der Waals surface area contributed by atoms with Crippen molar-refractivity contribution in [3.63, 3.8) is 0 Å². The lowest BCUT2D eigenvalue weighted by molar-refractivity contribution is 0.0523. The quantitative estimate of drug-likeness (QED) is 0.638. The lowest BCUT2D eigenvalue weighted by Crippen LogP contribution is -2.32. The summed E-state index contributed by atoms with van der Waals surface area (Å²) < 4.78 is 21.9. The van der Waals surface area contributed by atoms with Crippen LogP contribution in [-0.2, 0) is 18.3 Å². The maximum Gasteiger partial charge on any atom is 0.408 e. The summed E-state index contributed by atoms with van der Waals surface area (Å²) in [6, 6.07) is 4.90. The van der Waals surface area contributed by atoms with Crippen molar-refractivity contribution in [3.8, 4) is 11.1 Å². The Labute approximate surface area is 171 Å². The van der Waals surface area contributed by atoms with Gasteiger partial charge in [0, 0.05) is 23.7 Å². The minimum Gasteiger partial charge on any atom is -0.444 e. The summed E-state index contributed by atoms with van der Waals surface area (Å²) in [7, 11) is 1.82. The lowest BCUT2D eigenvalue weighted by Gasteiger charge is -2.19. The van der Waals surface area contributed by atoms with Gasteiger partial charge in [0.1, 0.15) is 16.4 Å². The van der Waals surface area contributed by atoms with E-state index in [0.717, 1.165) is 25.2 Å². The second-order valence-corrected chi connectivity index (χ2v) is 9.60. The SMILES string of the molecule is Cn1cc(-c2cc(F)cc(Sc3cnc(CNC(=O)OC(C)(C)C)s3)c2)cn1. The molecule has 2 heterocycles. The molecule has 0 radical (unpaired) electrons. The second-order valence-electron chi connectivity index (χ2n) is 7.11. The fraction of sp³-hybridized carbons (Fsp3) is 0.316. The van der Waals surface area contributed by atoms with Crippen LogP contribution in [0, 0.1) is 5.82 Å². The van der Waals surface area contributed by atoms with E-state index in [0.29, 0.717) is 0 Å². The number of hydrogen-bond donors (Lipinski definition) is 1. The van der Waals surface area contributed by atoms with Crippen LogP contribution in [0.2, 0.25) is 0 Å². The predicted molar refractivity (Wildman–Crippen MR) is 108 cm³/mol. The number of rotatable bonds is 5. The lowest BCUT2D eigenvalue weighted by atomic mass is 10.1. The second kappa shape index (κ2) is 8.32. The van der Waals surface area contributed by atoms with E-state index in [9.17, 15) is 9.18 Å². The molecule has 0 fully saturated rings. The number of carbonyl (C=O) groups excluding carboxylic acids is 1. The number of halogens is 1. The highest BCUT2D eigenvalue weighted by atomic mass is 32.2. The van der Waals surface area contributed by atoms with Gasteiger partial charge in [-0.2, -0.15) is 5.10 Å². The first-order valence-electron chi connectivity index (χ1n) is 8.57. The Kier molecular flexibility index (Phi) is 6.04. The molecule has 0 spiro atoms. The van der Waals surface area contributed by atoms with Crippen molar-refractivity contribution in [1.82, 2.24) is 20.1 Å². The molecule has 28 heavy (non-hydrogen) atoms. The van der Waals surface area contributed by atoms with Crippen LogP contribution in [0.15, 0.2) is 45.9 Å². The van der Waals surface area contributed by atoms with Gasteiger partial charge >= 0.3 is 6.09 Å². The van der Waals surface area contributed by atoms with Crippen LogP contribution < -0.4 is 5.32 Å². The Morgan fingerprint density at radius 2 is 2.07 bits per heavy atom. The molecule has 0 saturated heterocycles. The normalized spacial score (nSPS) is 11.5. The van der Waals surface area contributed by atoms with Gasteiger partial charge in [0.15, 0.2) is 0 Å². The van der Waals surface area contributed by atoms with E-state index >= 15 is 0 Å². The van der Waals surface area contributed by atoms with E-state index in [1.165, 1.54) is 35.2 Å². The number of hydrogen-bond acceptors (Lipinski definition) is 6. The molecule has 0 aliphatic carbocycles.